The zero-order valence-corrected chi connectivity index (χ0v) is 18.2. The first-order chi connectivity index (χ1) is 15.5. The molecule has 0 unspecified atom stereocenters. The molecule has 0 bridgehead atoms. The number of ether oxygens (including phenoxy) is 1. The van der Waals surface area contributed by atoms with Gasteiger partial charge in [0.05, 0.1) is 23.4 Å². The molecule has 0 saturated heterocycles. The van der Waals surface area contributed by atoms with E-state index >= 15 is 0 Å². The van der Waals surface area contributed by atoms with Crippen molar-refractivity contribution in [2.75, 3.05) is 18.1 Å². The first kappa shape index (κ1) is 21.6. The number of hydrogen-bond acceptors (Lipinski definition) is 4. The zero-order valence-electron chi connectivity index (χ0n) is 17.4. The molecule has 6 nitrogen and oxygen atoms in total. The number of rotatable bonds is 7. The van der Waals surface area contributed by atoms with Gasteiger partial charge in [-0.15, -0.1) is 0 Å². The Kier molecular flexibility index (Phi) is 6.23. The number of carbonyl (C=O) groups excluding carboxylic acids is 3. The van der Waals surface area contributed by atoms with Crippen LogP contribution in [0.15, 0.2) is 66.7 Å². The summed E-state index contributed by atoms with van der Waals surface area (Å²) in [6.07, 6.45) is 0.625. The number of benzene rings is 3. The number of fused-ring (bicyclic) bond motifs is 1. The second-order valence-corrected chi connectivity index (χ2v) is 7.71. The van der Waals surface area contributed by atoms with Crippen LogP contribution >= 0.6 is 11.6 Å². The smallest absolute Gasteiger partial charge is 0.266 e. The molecule has 1 aliphatic heterocycles. The summed E-state index contributed by atoms with van der Waals surface area (Å²) >= 11 is 5.98. The first-order valence-electron chi connectivity index (χ1n) is 10.3. The van der Waals surface area contributed by atoms with Crippen molar-refractivity contribution in [2.24, 2.45) is 0 Å². The van der Waals surface area contributed by atoms with Crippen LogP contribution in [0.4, 0.5) is 5.69 Å². The predicted octanol–water partition coefficient (Wildman–Crippen LogP) is 4.51. The summed E-state index contributed by atoms with van der Waals surface area (Å²) in [5, 5.41) is 3.49. The van der Waals surface area contributed by atoms with Crippen LogP contribution in [-0.4, -0.2) is 30.9 Å². The minimum atomic E-state index is -0.456. The number of nitrogens with one attached hydrogen (secondary N) is 1. The minimum Gasteiger partial charge on any atom is -0.494 e. The topological polar surface area (TPSA) is 75.7 Å². The van der Waals surface area contributed by atoms with Crippen molar-refractivity contribution in [1.29, 1.82) is 0 Å². The third-order valence-corrected chi connectivity index (χ3v) is 5.38. The molecule has 3 aromatic rings. The zero-order chi connectivity index (χ0) is 22.7. The van der Waals surface area contributed by atoms with Crippen LogP contribution in [0.5, 0.6) is 5.75 Å². The molecule has 162 valence electrons. The lowest BCUT2D eigenvalue weighted by Gasteiger charge is -2.14. The maximum atomic E-state index is 13.0. The molecule has 0 aromatic heterocycles. The molecule has 0 spiro atoms. The Hall–Kier alpha value is -3.64. The van der Waals surface area contributed by atoms with E-state index in [0.29, 0.717) is 41.6 Å². The molecule has 7 heteroatoms. The number of carbonyl (C=O) groups is 3. The third-order valence-electron chi connectivity index (χ3n) is 5.14. The van der Waals surface area contributed by atoms with Crippen molar-refractivity contribution < 1.29 is 19.1 Å². The summed E-state index contributed by atoms with van der Waals surface area (Å²) in [5.74, 6) is -0.524. The summed E-state index contributed by atoms with van der Waals surface area (Å²) in [6.45, 7) is 2.82. The standard InChI is InChI=1S/C25H21ClN2O4/c1-2-32-20-9-7-19(8-10-20)28-24(30)21-11-6-17(15-22(21)25(28)31)23(29)27-13-12-16-4-3-5-18(26)14-16/h3-11,14-15H,2,12-13H2,1H3,(H,27,29). The molecule has 1 aliphatic rings. The highest BCUT2D eigenvalue weighted by Gasteiger charge is 2.37. The monoisotopic (exact) mass is 448 g/mol. The predicted molar refractivity (Wildman–Crippen MR) is 123 cm³/mol. The van der Waals surface area contributed by atoms with E-state index in [4.69, 9.17) is 16.3 Å². The number of anilines is 1. The van der Waals surface area contributed by atoms with Crippen LogP contribution < -0.4 is 15.0 Å². The Morgan fingerprint density at radius 2 is 1.72 bits per heavy atom. The molecule has 0 aliphatic carbocycles. The van der Waals surface area contributed by atoms with Crippen LogP contribution in [0.1, 0.15) is 43.6 Å². The lowest BCUT2D eigenvalue weighted by Crippen LogP contribution is -2.29. The van der Waals surface area contributed by atoms with Gasteiger partial charge in [0.25, 0.3) is 17.7 Å². The van der Waals surface area contributed by atoms with Gasteiger partial charge >= 0.3 is 0 Å². The Morgan fingerprint density at radius 1 is 0.969 bits per heavy atom. The molecule has 0 fully saturated rings. The Bertz CT molecular complexity index is 1190. The number of imide groups is 1. The highest BCUT2D eigenvalue weighted by Crippen LogP contribution is 2.30. The second-order valence-electron chi connectivity index (χ2n) is 7.27. The first-order valence-corrected chi connectivity index (χ1v) is 10.6. The second kappa shape index (κ2) is 9.24. The van der Waals surface area contributed by atoms with Crippen molar-refractivity contribution in [3.63, 3.8) is 0 Å². The fraction of sp³-hybridized carbons (Fsp3) is 0.160. The largest absolute Gasteiger partial charge is 0.494 e. The number of nitrogens with zero attached hydrogens (tertiary/aromatic N) is 1. The molecule has 3 amide bonds. The number of amides is 3. The van der Waals surface area contributed by atoms with Gasteiger partial charge in [-0.2, -0.15) is 0 Å². The summed E-state index contributed by atoms with van der Waals surface area (Å²) in [5.41, 5.74) is 2.28. The van der Waals surface area contributed by atoms with Gasteiger partial charge in [-0.05, 0) is 73.5 Å². The molecule has 32 heavy (non-hydrogen) atoms. The average Bonchev–Trinajstić information content (AvgIpc) is 3.04. The Labute approximate surface area is 190 Å². The maximum Gasteiger partial charge on any atom is 0.266 e. The van der Waals surface area contributed by atoms with Gasteiger partial charge in [-0.3, -0.25) is 14.4 Å². The fourth-order valence-corrected chi connectivity index (χ4v) is 3.80. The molecular weight excluding hydrogens is 428 g/mol. The van der Waals surface area contributed by atoms with Gasteiger partial charge in [0.1, 0.15) is 5.75 Å². The van der Waals surface area contributed by atoms with Crippen molar-refractivity contribution >= 4 is 35.0 Å². The SMILES string of the molecule is CCOc1ccc(N2C(=O)c3ccc(C(=O)NCCc4cccc(Cl)c4)cc3C2=O)cc1. The summed E-state index contributed by atoms with van der Waals surface area (Å²) in [6, 6.07) is 18.7. The van der Waals surface area contributed by atoms with Crippen molar-refractivity contribution in [3.05, 3.63) is 94.0 Å². The Balaban J connectivity index is 1.46. The average molecular weight is 449 g/mol. The molecule has 1 N–H and O–H groups in total. The van der Waals surface area contributed by atoms with E-state index in [0.717, 1.165) is 10.5 Å². The van der Waals surface area contributed by atoms with Gasteiger partial charge in [0.2, 0.25) is 0 Å². The molecule has 3 aromatic carbocycles. The fourth-order valence-electron chi connectivity index (χ4n) is 3.59. The molecule has 4 rings (SSSR count). The van der Waals surface area contributed by atoms with E-state index in [9.17, 15) is 14.4 Å². The van der Waals surface area contributed by atoms with E-state index in [2.05, 4.69) is 5.32 Å². The summed E-state index contributed by atoms with van der Waals surface area (Å²) in [4.78, 5) is 39.5. The molecule has 0 saturated carbocycles. The van der Waals surface area contributed by atoms with Crippen molar-refractivity contribution in [3.8, 4) is 5.75 Å². The van der Waals surface area contributed by atoms with Crippen molar-refractivity contribution in [1.82, 2.24) is 5.32 Å². The van der Waals surface area contributed by atoms with Crippen LogP contribution in [0.2, 0.25) is 5.02 Å². The molecule has 0 atom stereocenters. The van der Waals surface area contributed by atoms with Crippen LogP contribution in [-0.2, 0) is 6.42 Å². The summed E-state index contributed by atoms with van der Waals surface area (Å²) in [7, 11) is 0. The van der Waals surface area contributed by atoms with Crippen LogP contribution in [0.25, 0.3) is 0 Å². The van der Waals surface area contributed by atoms with E-state index in [1.165, 1.54) is 12.1 Å². The van der Waals surface area contributed by atoms with Crippen LogP contribution in [0.3, 0.4) is 0 Å². The molecular formula is C25H21ClN2O4. The van der Waals surface area contributed by atoms with E-state index in [1.807, 2.05) is 25.1 Å². The highest BCUT2D eigenvalue weighted by atomic mass is 35.5. The lowest BCUT2D eigenvalue weighted by atomic mass is 10.1. The lowest BCUT2D eigenvalue weighted by molar-refractivity contribution is 0.0923. The van der Waals surface area contributed by atoms with Gasteiger partial charge < -0.3 is 10.1 Å². The van der Waals surface area contributed by atoms with Gasteiger partial charge in [0.15, 0.2) is 0 Å². The highest BCUT2D eigenvalue weighted by molar-refractivity contribution is 6.34. The normalized spacial score (nSPS) is 12.6. The quantitative estimate of drug-likeness (QED) is 0.539. The molecule has 0 radical (unpaired) electrons. The van der Waals surface area contributed by atoms with Gasteiger partial charge in [-0.1, -0.05) is 23.7 Å². The van der Waals surface area contributed by atoms with Crippen molar-refractivity contribution in [2.45, 2.75) is 13.3 Å². The van der Waals surface area contributed by atoms with E-state index in [-0.39, 0.29) is 17.0 Å². The minimum absolute atomic E-state index is 0.214. The number of halogens is 1. The maximum absolute atomic E-state index is 13.0. The summed E-state index contributed by atoms with van der Waals surface area (Å²) < 4.78 is 5.41. The third kappa shape index (κ3) is 4.36. The van der Waals surface area contributed by atoms with Gasteiger partial charge in [-0.25, -0.2) is 4.90 Å². The van der Waals surface area contributed by atoms with Gasteiger partial charge in [0, 0.05) is 17.1 Å². The van der Waals surface area contributed by atoms with E-state index in [1.54, 1.807) is 36.4 Å². The Morgan fingerprint density at radius 3 is 2.44 bits per heavy atom. The van der Waals surface area contributed by atoms with E-state index < -0.39 is 11.8 Å². The van der Waals surface area contributed by atoms with Crippen LogP contribution in [0, 0.1) is 0 Å². The number of hydrogen-bond donors (Lipinski definition) is 1. The molecule has 1 heterocycles.